The van der Waals surface area contributed by atoms with E-state index in [1.807, 2.05) is 13.0 Å². The van der Waals surface area contributed by atoms with E-state index in [9.17, 15) is 4.79 Å². The van der Waals surface area contributed by atoms with Gasteiger partial charge in [-0.1, -0.05) is 6.92 Å². The van der Waals surface area contributed by atoms with Gasteiger partial charge in [0.15, 0.2) is 0 Å². The number of aryl methyl sites for hydroxylation is 1. The first kappa shape index (κ1) is 20.5. The van der Waals surface area contributed by atoms with Gasteiger partial charge in [-0.25, -0.2) is 0 Å². The standard InChI is InChI=1S/C21H30BrN5O2/c1-4-16-12-26(18-13-29-14-18)7-8-27(16)17-5-6-21(2,23-10-17)24-19-9-15(22)11-25(3)20(19)28/h5-6,9-11,16,18,23-24H,4,7-8,12-14H2,1-3H3/t16-,21?/m0/s1. The second-order valence-corrected chi connectivity index (χ2v) is 9.22. The van der Waals surface area contributed by atoms with Gasteiger partial charge in [-0.15, -0.1) is 0 Å². The number of aromatic nitrogens is 1. The van der Waals surface area contributed by atoms with Crippen LogP contribution in [0.5, 0.6) is 0 Å². The van der Waals surface area contributed by atoms with Crippen molar-refractivity contribution in [1.29, 1.82) is 0 Å². The molecule has 158 valence electrons. The van der Waals surface area contributed by atoms with Crippen molar-refractivity contribution in [2.75, 3.05) is 38.2 Å². The van der Waals surface area contributed by atoms with E-state index in [4.69, 9.17) is 4.74 Å². The zero-order valence-corrected chi connectivity index (χ0v) is 18.9. The highest BCUT2D eigenvalue weighted by Crippen LogP contribution is 2.25. The Morgan fingerprint density at radius 3 is 2.79 bits per heavy atom. The fraction of sp³-hybridized carbons (Fsp3) is 0.571. The fourth-order valence-electron chi connectivity index (χ4n) is 4.20. The van der Waals surface area contributed by atoms with Crippen molar-refractivity contribution in [3.8, 4) is 0 Å². The molecule has 8 heteroatoms. The molecule has 0 radical (unpaired) electrons. The summed E-state index contributed by atoms with van der Waals surface area (Å²) in [6.45, 7) is 9.21. The molecule has 0 bridgehead atoms. The van der Waals surface area contributed by atoms with Gasteiger partial charge in [-0.05, 0) is 47.5 Å². The summed E-state index contributed by atoms with van der Waals surface area (Å²) in [4.78, 5) is 17.5. The number of piperazine rings is 1. The molecule has 0 aromatic carbocycles. The van der Waals surface area contributed by atoms with Gasteiger partial charge in [-0.3, -0.25) is 9.69 Å². The largest absolute Gasteiger partial charge is 0.378 e. The van der Waals surface area contributed by atoms with Crippen molar-refractivity contribution in [2.24, 2.45) is 7.05 Å². The van der Waals surface area contributed by atoms with Crippen LogP contribution in [0.15, 0.2) is 45.6 Å². The zero-order chi connectivity index (χ0) is 20.6. The molecule has 29 heavy (non-hydrogen) atoms. The van der Waals surface area contributed by atoms with E-state index in [-0.39, 0.29) is 5.56 Å². The number of nitrogens with one attached hydrogen (secondary N) is 2. The summed E-state index contributed by atoms with van der Waals surface area (Å²) in [5.74, 6) is 0. The fourth-order valence-corrected chi connectivity index (χ4v) is 4.74. The van der Waals surface area contributed by atoms with Crippen molar-refractivity contribution in [3.05, 3.63) is 51.1 Å². The number of hydrogen-bond acceptors (Lipinski definition) is 6. The molecule has 2 fully saturated rings. The third-order valence-corrected chi connectivity index (χ3v) is 6.54. The molecule has 1 unspecified atom stereocenters. The lowest BCUT2D eigenvalue weighted by atomic mass is 10.0. The van der Waals surface area contributed by atoms with Gasteiger partial charge in [0.2, 0.25) is 0 Å². The first-order chi connectivity index (χ1) is 13.9. The molecule has 4 heterocycles. The Hall–Kier alpha value is -1.77. The van der Waals surface area contributed by atoms with E-state index >= 15 is 0 Å². The summed E-state index contributed by atoms with van der Waals surface area (Å²) in [6.07, 6.45) is 9.20. The van der Waals surface area contributed by atoms with Gasteiger partial charge in [0.1, 0.15) is 11.4 Å². The molecule has 0 amide bonds. The SMILES string of the molecule is CC[C@H]1CN(C2COC2)CCN1C1=CNC(C)(Nc2cc(Br)cn(C)c2=O)C=C1. The van der Waals surface area contributed by atoms with Crippen LogP contribution in [0.3, 0.4) is 0 Å². The number of hydrogen-bond donors (Lipinski definition) is 2. The quantitative estimate of drug-likeness (QED) is 0.696. The summed E-state index contributed by atoms with van der Waals surface area (Å²) < 4.78 is 7.81. The summed E-state index contributed by atoms with van der Waals surface area (Å²) in [6, 6.07) is 2.91. The van der Waals surface area contributed by atoms with E-state index in [0.717, 1.165) is 43.7 Å². The molecule has 3 aliphatic heterocycles. The highest BCUT2D eigenvalue weighted by atomic mass is 79.9. The van der Waals surface area contributed by atoms with Crippen molar-refractivity contribution >= 4 is 21.6 Å². The number of nitrogens with zero attached hydrogens (tertiary/aromatic N) is 3. The molecule has 0 spiro atoms. The maximum atomic E-state index is 12.4. The van der Waals surface area contributed by atoms with Gasteiger partial charge >= 0.3 is 0 Å². The number of halogens is 1. The average Bonchev–Trinajstić information content (AvgIpc) is 2.65. The van der Waals surface area contributed by atoms with Crippen LogP contribution >= 0.6 is 15.9 Å². The number of rotatable bonds is 5. The molecule has 0 aliphatic carbocycles. The summed E-state index contributed by atoms with van der Waals surface area (Å²) in [5, 5.41) is 6.81. The Bertz CT molecular complexity index is 878. The molecule has 4 rings (SSSR count). The monoisotopic (exact) mass is 463 g/mol. The van der Waals surface area contributed by atoms with Crippen LogP contribution in [0.25, 0.3) is 0 Å². The zero-order valence-electron chi connectivity index (χ0n) is 17.3. The molecule has 1 aromatic rings. The maximum absolute atomic E-state index is 12.4. The number of allylic oxidation sites excluding steroid dienone is 1. The first-order valence-corrected chi connectivity index (χ1v) is 11.1. The van der Waals surface area contributed by atoms with Crippen LogP contribution in [0.1, 0.15) is 20.3 Å². The normalized spacial score (nSPS) is 27.9. The van der Waals surface area contributed by atoms with Crippen molar-refractivity contribution < 1.29 is 4.74 Å². The maximum Gasteiger partial charge on any atom is 0.273 e. The predicted molar refractivity (Wildman–Crippen MR) is 119 cm³/mol. The highest BCUT2D eigenvalue weighted by molar-refractivity contribution is 9.10. The Balaban J connectivity index is 1.44. The molecular weight excluding hydrogens is 434 g/mol. The van der Waals surface area contributed by atoms with Crippen LogP contribution in [-0.2, 0) is 11.8 Å². The minimum Gasteiger partial charge on any atom is -0.378 e. The van der Waals surface area contributed by atoms with Gasteiger partial charge in [-0.2, -0.15) is 0 Å². The molecule has 7 nitrogen and oxygen atoms in total. The topological polar surface area (TPSA) is 61.8 Å². The molecule has 2 N–H and O–H groups in total. The second kappa shape index (κ2) is 8.16. The Morgan fingerprint density at radius 1 is 1.38 bits per heavy atom. The number of ether oxygens (including phenoxy) is 1. The minimum absolute atomic E-state index is 0.0541. The van der Waals surface area contributed by atoms with E-state index in [1.54, 1.807) is 17.8 Å². The van der Waals surface area contributed by atoms with E-state index in [0.29, 0.717) is 17.8 Å². The van der Waals surface area contributed by atoms with E-state index in [1.165, 1.54) is 5.70 Å². The van der Waals surface area contributed by atoms with Crippen LogP contribution in [0, 0.1) is 0 Å². The van der Waals surface area contributed by atoms with Crippen LogP contribution in [0.2, 0.25) is 0 Å². The van der Waals surface area contributed by atoms with Gasteiger partial charge in [0, 0.05) is 49.6 Å². The lowest BCUT2D eigenvalue weighted by molar-refractivity contribution is -0.0828. The van der Waals surface area contributed by atoms with Gasteiger partial charge in [0.05, 0.1) is 25.0 Å². The van der Waals surface area contributed by atoms with Crippen LogP contribution < -0.4 is 16.2 Å². The van der Waals surface area contributed by atoms with E-state index in [2.05, 4.69) is 61.6 Å². The summed E-state index contributed by atoms with van der Waals surface area (Å²) in [7, 11) is 1.75. The molecule has 3 aliphatic rings. The third-order valence-electron chi connectivity index (χ3n) is 6.11. The molecule has 2 saturated heterocycles. The summed E-state index contributed by atoms with van der Waals surface area (Å²) >= 11 is 3.46. The Kier molecular flexibility index (Phi) is 5.77. The van der Waals surface area contributed by atoms with Crippen molar-refractivity contribution in [1.82, 2.24) is 19.7 Å². The van der Waals surface area contributed by atoms with E-state index < -0.39 is 5.66 Å². The smallest absolute Gasteiger partial charge is 0.273 e. The lowest BCUT2D eigenvalue weighted by Crippen LogP contribution is -2.60. The average molecular weight is 464 g/mol. The predicted octanol–water partition coefficient (Wildman–Crippen LogP) is 2.07. The van der Waals surface area contributed by atoms with Crippen molar-refractivity contribution in [2.45, 2.75) is 38.0 Å². The lowest BCUT2D eigenvalue weighted by Gasteiger charge is -2.48. The second-order valence-electron chi connectivity index (χ2n) is 8.30. The third kappa shape index (κ3) is 4.25. The molecule has 1 aromatic heterocycles. The number of dihydropyridines is 1. The van der Waals surface area contributed by atoms with Crippen LogP contribution in [0.4, 0.5) is 5.69 Å². The Morgan fingerprint density at radius 2 is 2.17 bits per heavy atom. The van der Waals surface area contributed by atoms with Gasteiger partial charge in [0.25, 0.3) is 5.56 Å². The first-order valence-electron chi connectivity index (χ1n) is 10.3. The molecule has 0 saturated carbocycles. The number of anilines is 1. The van der Waals surface area contributed by atoms with Crippen LogP contribution in [-0.4, -0.2) is 65.0 Å². The highest BCUT2D eigenvalue weighted by Gasteiger charge is 2.34. The minimum atomic E-state index is -0.525. The molecule has 2 atom stereocenters. The number of pyridine rings is 1. The van der Waals surface area contributed by atoms with Gasteiger partial charge < -0.3 is 24.8 Å². The molecular formula is C21H30BrN5O2. The van der Waals surface area contributed by atoms with Crippen molar-refractivity contribution in [3.63, 3.8) is 0 Å². The summed E-state index contributed by atoms with van der Waals surface area (Å²) in [5.41, 5.74) is 1.17. The Labute approximate surface area is 180 Å².